The summed E-state index contributed by atoms with van der Waals surface area (Å²) in [7, 11) is 0. The Kier molecular flexibility index (Phi) is 6.11. The van der Waals surface area contributed by atoms with Gasteiger partial charge in [0.1, 0.15) is 11.8 Å². The normalized spacial score (nSPS) is 12.8. The summed E-state index contributed by atoms with van der Waals surface area (Å²) in [6.45, 7) is 0. The van der Waals surface area contributed by atoms with Crippen LogP contribution in [0.25, 0.3) is 22.4 Å². The van der Waals surface area contributed by atoms with Crippen molar-refractivity contribution >= 4 is 28.4 Å². The first kappa shape index (κ1) is 22.3. The van der Waals surface area contributed by atoms with E-state index in [1.54, 1.807) is 18.5 Å². The van der Waals surface area contributed by atoms with Crippen LogP contribution in [0.4, 0.5) is 5.13 Å². The van der Waals surface area contributed by atoms with Crippen LogP contribution in [-0.4, -0.2) is 19.7 Å². The maximum absolute atomic E-state index is 9.82. The van der Waals surface area contributed by atoms with E-state index in [-0.39, 0.29) is 0 Å². The summed E-state index contributed by atoms with van der Waals surface area (Å²) in [5.74, 6) is 1.05. The highest BCUT2D eigenvalue weighted by Gasteiger charge is 2.25. The fraction of sp³-hybridized carbons (Fsp3) is 0.111. The van der Waals surface area contributed by atoms with Crippen LogP contribution in [0.5, 0.6) is 11.5 Å². The second-order valence-corrected chi connectivity index (χ2v) is 10.1. The van der Waals surface area contributed by atoms with Crippen molar-refractivity contribution in [3.05, 3.63) is 90.3 Å². The molecule has 0 aliphatic heterocycles. The van der Waals surface area contributed by atoms with Gasteiger partial charge in [-0.2, -0.15) is 10.4 Å². The van der Waals surface area contributed by atoms with E-state index in [1.807, 2.05) is 64.8 Å². The Morgan fingerprint density at radius 3 is 2.69 bits per heavy atom. The van der Waals surface area contributed by atoms with Gasteiger partial charge in [0.2, 0.25) is 0 Å². The van der Waals surface area contributed by atoms with Crippen LogP contribution in [0.15, 0.2) is 89.7 Å². The molecule has 0 spiro atoms. The molecule has 9 heteroatoms. The van der Waals surface area contributed by atoms with E-state index >= 15 is 0 Å². The van der Waals surface area contributed by atoms with Gasteiger partial charge >= 0.3 is 0 Å². The molecule has 1 aliphatic rings. The highest BCUT2D eigenvalue weighted by molar-refractivity contribution is 8.00. The van der Waals surface area contributed by atoms with Crippen LogP contribution in [0.2, 0.25) is 0 Å². The van der Waals surface area contributed by atoms with Crippen molar-refractivity contribution in [1.82, 2.24) is 19.7 Å². The predicted molar refractivity (Wildman–Crippen MR) is 142 cm³/mol. The summed E-state index contributed by atoms with van der Waals surface area (Å²) in [6, 6.07) is 20.3. The first-order chi connectivity index (χ1) is 17.8. The minimum Gasteiger partial charge on any atom is -0.454 e. The lowest BCUT2D eigenvalue weighted by Crippen LogP contribution is -1.95. The Morgan fingerprint density at radius 1 is 1.03 bits per heavy atom. The van der Waals surface area contributed by atoms with Gasteiger partial charge in [0, 0.05) is 39.4 Å². The molecule has 1 aliphatic carbocycles. The monoisotopic (exact) mass is 508 g/mol. The van der Waals surface area contributed by atoms with Gasteiger partial charge in [-0.25, -0.2) is 4.98 Å². The lowest BCUT2D eigenvalue weighted by atomic mass is 10.1. The van der Waals surface area contributed by atoms with E-state index in [0.29, 0.717) is 23.1 Å². The molecule has 3 aromatic heterocycles. The zero-order chi connectivity index (χ0) is 24.3. The number of pyridine rings is 1. The molecule has 0 unspecified atom stereocenters. The molecule has 2 aromatic carbocycles. The van der Waals surface area contributed by atoms with Crippen molar-refractivity contribution in [2.45, 2.75) is 23.8 Å². The number of nitrogens with zero attached hydrogens (tertiary/aromatic N) is 5. The third kappa shape index (κ3) is 4.82. The van der Waals surface area contributed by atoms with Crippen molar-refractivity contribution in [1.29, 1.82) is 5.26 Å². The van der Waals surface area contributed by atoms with Crippen LogP contribution < -0.4 is 9.46 Å². The average molecular weight is 509 g/mol. The summed E-state index contributed by atoms with van der Waals surface area (Å²) in [4.78, 5) is 9.76. The van der Waals surface area contributed by atoms with Crippen molar-refractivity contribution < 1.29 is 4.74 Å². The molecule has 0 amide bonds. The van der Waals surface area contributed by atoms with E-state index in [0.717, 1.165) is 45.3 Å². The summed E-state index contributed by atoms with van der Waals surface area (Å²) < 4.78 is 11.5. The van der Waals surface area contributed by atoms with Gasteiger partial charge < -0.3 is 9.46 Å². The number of nitriles is 1. The van der Waals surface area contributed by atoms with Crippen molar-refractivity contribution in [2.75, 3.05) is 4.72 Å². The van der Waals surface area contributed by atoms with E-state index in [4.69, 9.17) is 4.74 Å². The topological polar surface area (TPSA) is 88.7 Å². The van der Waals surface area contributed by atoms with E-state index in [1.165, 1.54) is 23.3 Å². The first-order valence-electron chi connectivity index (χ1n) is 11.4. The van der Waals surface area contributed by atoms with Crippen LogP contribution in [0.1, 0.15) is 24.4 Å². The number of hydrogen-bond acceptors (Lipinski definition) is 8. The van der Waals surface area contributed by atoms with Gasteiger partial charge in [0.25, 0.3) is 0 Å². The fourth-order valence-corrected chi connectivity index (χ4v) is 5.04. The maximum atomic E-state index is 9.82. The predicted octanol–water partition coefficient (Wildman–Crippen LogP) is 7.19. The number of benzene rings is 2. The third-order valence-electron chi connectivity index (χ3n) is 5.75. The quantitative estimate of drug-likeness (QED) is 0.222. The number of anilines is 1. The van der Waals surface area contributed by atoms with Crippen molar-refractivity contribution in [2.24, 2.45) is 0 Å². The minimum atomic E-state index is 0.438. The summed E-state index contributed by atoms with van der Waals surface area (Å²) >= 11 is 2.92. The molecule has 0 atom stereocenters. The lowest BCUT2D eigenvalue weighted by Gasteiger charge is -2.13. The number of ether oxygens (including phenoxy) is 1. The molecule has 0 saturated heterocycles. The molecular formula is C27H20N6OS2. The Labute approximate surface area is 216 Å². The Balaban J connectivity index is 1.32. The van der Waals surface area contributed by atoms with Crippen molar-refractivity contribution in [3.63, 3.8) is 0 Å². The number of nitrogens with one attached hydrogen (secondary N) is 1. The molecule has 176 valence electrons. The van der Waals surface area contributed by atoms with Crippen LogP contribution in [0.3, 0.4) is 0 Å². The molecule has 0 bridgehead atoms. The molecule has 1 fully saturated rings. The number of aromatic nitrogens is 4. The summed E-state index contributed by atoms with van der Waals surface area (Å²) in [6.07, 6.45) is 9.70. The first-order valence-corrected chi connectivity index (χ1v) is 13.1. The standard InChI is InChI=1S/C27H20N6OS2/c28-14-19-12-22(36-32-27-29-10-11-35-27)8-9-25(19)34-26-16-30-24(18-4-2-1-3-5-18)13-23(26)20-15-31-33(17-20)21-6-7-21/h1-5,8-13,15-17,21H,6-7H2,(H,29,32). The molecule has 1 N–H and O–H groups in total. The van der Waals surface area contributed by atoms with E-state index < -0.39 is 0 Å². The van der Waals surface area contributed by atoms with Crippen molar-refractivity contribution in [3.8, 4) is 40.0 Å². The number of thiazole rings is 1. The molecule has 3 heterocycles. The Morgan fingerprint density at radius 2 is 1.92 bits per heavy atom. The Hall–Kier alpha value is -4.13. The second kappa shape index (κ2) is 9.85. The van der Waals surface area contributed by atoms with Crippen LogP contribution in [0, 0.1) is 11.3 Å². The van der Waals surface area contributed by atoms with E-state index in [2.05, 4.69) is 32.1 Å². The second-order valence-electron chi connectivity index (χ2n) is 8.29. The van der Waals surface area contributed by atoms with Gasteiger partial charge in [-0.1, -0.05) is 30.3 Å². The van der Waals surface area contributed by atoms with Crippen LogP contribution >= 0.6 is 23.3 Å². The summed E-state index contributed by atoms with van der Waals surface area (Å²) in [5, 5.41) is 17.1. The fourth-order valence-electron chi connectivity index (χ4n) is 3.78. The smallest absolute Gasteiger partial charge is 0.192 e. The zero-order valence-electron chi connectivity index (χ0n) is 19.0. The van der Waals surface area contributed by atoms with E-state index in [9.17, 15) is 5.26 Å². The molecule has 36 heavy (non-hydrogen) atoms. The SMILES string of the molecule is N#Cc1cc(SNc2nccs2)ccc1Oc1cnc(-c2ccccc2)cc1-c1cnn(C2CC2)c1. The molecule has 5 aromatic rings. The highest BCUT2D eigenvalue weighted by atomic mass is 32.2. The molecule has 6 rings (SSSR count). The Bertz CT molecular complexity index is 1540. The third-order valence-corrected chi connectivity index (χ3v) is 7.35. The van der Waals surface area contributed by atoms with Crippen LogP contribution in [-0.2, 0) is 0 Å². The zero-order valence-corrected chi connectivity index (χ0v) is 20.7. The maximum Gasteiger partial charge on any atom is 0.192 e. The number of hydrogen-bond donors (Lipinski definition) is 1. The number of rotatable bonds is 8. The molecule has 7 nitrogen and oxygen atoms in total. The van der Waals surface area contributed by atoms with Gasteiger partial charge in [0.15, 0.2) is 10.9 Å². The minimum absolute atomic E-state index is 0.438. The van der Waals surface area contributed by atoms with Gasteiger partial charge in [-0.3, -0.25) is 9.67 Å². The lowest BCUT2D eigenvalue weighted by molar-refractivity contribution is 0.480. The molecule has 1 saturated carbocycles. The molecular weight excluding hydrogens is 488 g/mol. The molecule has 0 radical (unpaired) electrons. The largest absolute Gasteiger partial charge is 0.454 e. The van der Waals surface area contributed by atoms with Gasteiger partial charge in [0.05, 0.1) is 29.7 Å². The average Bonchev–Trinajstić information content (AvgIpc) is 3.42. The summed E-state index contributed by atoms with van der Waals surface area (Å²) in [5.41, 5.74) is 4.13. The highest BCUT2D eigenvalue weighted by Crippen LogP contribution is 2.39. The van der Waals surface area contributed by atoms with Gasteiger partial charge in [-0.05, 0) is 49.1 Å². The van der Waals surface area contributed by atoms with Gasteiger partial charge in [-0.15, -0.1) is 11.3 Å².